The quantitative estimate of drug-likeness (QED) is 0.756. The minimum atomic E-state index is -0.776. The lowest BCUT2D eigenvalue weighted by atomic mass is 9.80. The van der Waals surface area contributed by atoms with Crippen molar-refractivity contribution in [1.82, 2.24) is 5.32 Å². The Balaban J connectivity index is 1.92. The van der Waals surface area contributed by atoms with Gasteiger partial charge in [-0.15, -0.1) is 0 Å². The molecule has 1 aromatic carbocycles. The van der Waals surface area contributed by atoms with Gasteiger partial charge in [0.25, 0.3) is 0 Å². The van der Waals surface area contributed by atoms with E-state index in [0.29, 0.717) is 30.9 Å². The number of rotatable bonds is 6. The highest BCUT2D eigenvalue weighted by atomic mass is 19.1. The molecule has 1 aromatic rings. The Morgan fingerprint density at radius 2 is 2.24 bits per heavy atom. The van der Waals surface area contributed by atoms with Gasteiger partial charge in [0.05, 0.1) is 17.9 Å². The van der Waals surface area contributed by atoms with E-state index in [1.54, 1.807) is 0 Å². The van der Waals surface area contributed by atoms with Gasteiger partial charge >= 0.3 is 6.03 Å². The molecular weight excluding hydrogens is 275 g/mol. The van der Waals surface area contributed by atoms with Gasteiger partial charge in [-0.2, -0.15) is 0 Å². The van der Waals surface area contributed by atoms with Gasteiger partial charge in [0.2, 0.25) is 0 Å². The van der Waals surface area contributed by atoms with E-state index in [2.05, 4.69) is 10.6 Å². The highest BCUT2D eigenvalue weighted by Gasteiger charge is 2.34. The molecule has 1 fully saturated rings. The Morgan fingerprint density at radius 1 is 1.48 bits per heavy atom. The van der Waals surface area contributed by atoms with Crippen LogP contribution in [0.2, 0.25) is 0 Å². The first-order valence-electron chi connectivity index (χ1n) is 7.22. The van der Waals surface area contributed by atoms with E-state index in [4.69, 9.17) is 4.74 Å². The molecule has 0 atom stereocenters. The first kappa shape index (κ1) is 15.6. The Bertz CT molecular complexity index is 504. The molecule has 0 aliphatic heterocycles. The average molecular weight is 296 g/mol. The highest BCUT2D eigenvalue weighted by molar-refractivity contribution is 5.90. The van der Waals surface area contributed by atoms with Gasteiger partial charge in [0, 0.05) is 12.6 Å². The summed E-state index contributed by atoms with van der Waals surface area (Å²) in [7, 11) is 0. The van der Waals surface area contributed by atoms with Gasteiger partial charge in [-0.05, 0) is 37.8 Å². The average Bonchev–Trinajstić information content (AvgIpc) is 2.43. The molecule has 0 heterocycles. The van der Waals surface area contributed by atoms with E-state index in [0.717, 1.165) is 12.8 Å². The van der Waals surface area contributed by atoms with Crippen LogP contribution in [-0.2, 0) is 0 Å². The molecule has 1 aliphatic rings. The molecule has 5 nitrogen and oxygen atoms in total. The van der Waals surface area contributed by atoms with Crippen molar-refractivity contribution in [3.8, 4) is 5.75 Å². The summed E-state index contributed by atoms with van der Waals surface area (Å²) in [5, 5.41) is 15.2. The first-order valence-corrected chi connectivity index (χ1v) is 7.22. The van der Waals surface area contributed by atoms with Crippen molar-refractivity contribution in [3.05, 3.63) is 24.0 Å². The number of hydrogen-bond acceptors (Lipinski definition) is 3. The van der Waals surface area contributed by atoms with Gasteiger partial charge in [-0.25, -0.2) is 9.18 Å². The van der Waals surface area contributed by atoms with Crippen molar-refractivity contribution >= 4 is 11.7 Å². The molecule has 0 unspecified atom stereocenters. The lowest BCUT2D eigenvalue weighted by molar-refractivity contribution is -0.0287. The second-order valence-electron chi connectivity index (χ2n) is 5.37. The molecule has 1 saturated carbocycles. The fourth-order valence-electron chi connectivity index (χ4n) is 2.10. The number of nitrogens with one attached hydrogen (secondary N) is 2. The summed E-state index contributed by atoms with van der Waals surface area (Å²) in [4.78, 5) is 11.8. The zero-order chi connectivity index (χ0) is 15.3. The van der Waals surface area contributed by atoms with Gasteiger partial charge in [-0.1, -0.05) is 6.92 Å². The predicted molar refractivity (Wildman–Crippen MR) is 78.0 cm³/mol. The minimum Gasteiger partial charge on any atom is -0.491 e. The Hall–Kier alpha value is -1.82. The van der Waals surface area contributed by atoms with Crippen LogP contribution in [0.4, 0.5) is 14.9 Å². The van der Waals surface area contributed by atoms with E-state index >= 15 is 0 Å². The highest BCUT2D eigenvalue weighted by Crippen LogP contribution is 2.30. The summed E-state index contributed by atoms with van der Waals surface area (Å²) in [5.74, 6) is -0.120. The van der Waals surface area contributed by atoms with Crippen LogP contribution in [0.25, 0.3) is 0 Å². The molecule has 0 spiro atoms. The number of halogens is 1. The van der Waals surface area contributed by atoms with E-state index in [1.807, 2.05) is 6.92 Å². The Labute approximate surface area is 123 Å². The fraction of sp³-hybridized carbons (Fsp3) is 0.533. The van der Waals surface area contributed by atoms with E-state index in [-0.39, 0.29) is 6.54 Å². The summed E-state index contributed by atoms with van der Waals surface area (Å²) < 4.78 is 18.6. The van der Waals surface area contributed by atoms with E-state index in [9.17, 15) is 14.3 Å². The Morgan fingerprint density at radius 3 is 2.86 bits per heavy atom. The molecule has 2 amide bonds. The first-order chi connectivity index (χ1) is 10.0. The summed E-state index contributed by atoms with van der Waals surface area (Å²) in [6.07, 6.45) is 3.17. The van der Waals surface area contributed by atoms with Crippen molar-refractivity contribution < 1.29 is 19.0 Å². The zero-order valence-electron chi connectivity index (χ0n) is 12.1. The fourth-order valence-corrected chi connectivity index (χ4v) is 2.10. The molecule has 0 radical (unpaired) electrons. The van der Waals surface area contributed by atoms with Gasteiger partial charge in [0.1, 0.15) is 11.6 Å². The number of urea groups is 1. The van der Waals surface area contributed by atoms with Crippen molar-refractivity contribution in [1.29, 1.82) is 0 Å². The number of carbonyl (C=O) groups is 1. The lowest BCUT2D eigenvalue weighted by Crippen LogP contribution is -2.48. The molecule has 2 rings (SSSR count). The maximum Gasteiger partial charge on any atom is 0.319 e. The smallest absolute Gasteiger partial charge is 0.319 e. The van der Waals surface area contributed by atoms with Gasteiger partial charge in [0.15, 0.2) is 0 Å². The second-order valence-corrected chi connectivity index (χ2v) is 5.37. The molecule has 0 bridgehead atoms. The maximum atomic E-state index is 13.2. The molecule has 0 saturated heterocycles. The number of hydrogen-bond donors (Lipinski definition) is 3. The largest absolute Gasteiger partial charge is 0.491 e. The SMILES string of the molecule is CCCOc1cc(F)ccc1NC(=O)NCC1(O)CCC1. The standard InChI is InChI=1S/C15H21FN2O3/c1-2-8-21-13-9-11(16)4-5-12(13)18-14(19)17-10-15(20)6-3-7-15/h4-5,9,20H,2-3,6-8,10H2,1H3,(H2,17,18,19). The molecule has 116 valence electrons. The lowest BCUT2D eigenvalue weighted by Gasteiger charge is -2.36. The van der Waals surface area contributed by atoms with E-state index < -0.39 is 17.4 Å². The van der Waals surface area contributed by atoms with Crippen LogP contribution in [0, 0.1) is 5.82 Å². The molecule has 0 aromatic heterocycles. The number of aliphatic hydroxyl groups is 1. The molecule has 1 aliphatic carbocycles. The third-order valence-corrected chi connectivity index (χ3v) is 3.52. The van der Waals surface area contributed by atoms with Crippen LogP contribution in [0.5, 0.6) is 5.75 Å². The van der Waals surface area contributed by atoms with Crippen LogP contribution in [-0.4, -0.2) is 29.9 Å². The summed E-state index contributed by atoms with van der Waals surface area (Å²) in [6, 6.07) is 3.51. The minimum absolute atomic E-state index is 0.213. The molecule has 6 heteroatoms. The third kappa shape index (κ3) is 4.32. The maximum absolute atomic E-state index is 13.2. The number of amides is 2. The van der Waals surface area contributed by atoms with Crippen LogP contribution < -0.4 is 15.4 Å². The summed E-state index contributed by atoms with van der Waals surface area (Å²) in [6.45, 7) is 2.60. The summed E-state index contributed by atoms with van der Waals surface area (Å²) >= 11 is 0. The van der Waals surface area contributed by atoms with Crippen LogP contribution in [0.1, 0.15) is 32.6 Å². The topological polar surface area (TPSA) is 70.6 Å². The normalized spacial score (nSPS) is 16.0. The second kappa shape index (κ2) is 6.76. The van der Waals surface area contributed by atoms with Crippen molar-refractivity contribution in [2.45, 2.75) is 38.2 Å². The monoisotopic (exact) mass is 296 g/mol. The number of ether oxygens (including phenoxy) is 1. The predicted octanol–water partition coefficient (Wildman–Crippen LogP) is 2.65. The third-order valence-electron chi connectivity index (χ3n) is 3.52. The Kier molecular flexibility index (Phi) is 5.01. The van der Waals surface area contributed by atoms with Crippen LogP contribution in [0.3, 0.4) is 0 Å². The summed E-state index contributed by atoms with van der Waals surface area (Å²) in [5.41, 5.74) is -0.371. The van der Waals surface area contributed by atoms with Crippen molar-refractivity contribution in [2.24, 2.45) is 0 Å². The number of benzene rings is 1. The van der Waals surface area contributed by atoms with Gasteiger partial charge in [-0.3, -0.25) is 0 Å². The zero-order valence-corrected chi connectivity index (χ0v) is 12.1. The van der Waals surface area contributed by atoms with E-state index in [1.165, 1.54) is 18.2 Å². The molecule has 21 heavy (non-hydrogen) atoms. The van der Waals surface area contributed by atoms with Gasteiger partial charge < -0.3 is 20.5 Å². The van der Waals surface area contributed by atoms with Crippen molar-refractivity contribution in [3.63, 3.8) is 0 Å². The number of anilines is 1. The molecule has 3 N–H and O–H groups in total. The van der Waals surface area contributed by atoms with Crippen LogP contribution >= 0.6 is 0 Å². The molecular formula is C15H21FN2O3. The number of carbonyl (C=O) groups excluding carboxylic acids is 1. The van der Waals surface area contributed by atoms with Crippen molar-refractivity contribution in [2.75, 3.05) is 18.5 Å². The van der Waals surface area contributed by atoms with Crippen LogP contribution in [0.15, 0.2) is 18.2 Å².